The summed E-state index contributed by atoms with van der Waals surface area (Å²) in [6, 6.07) is 10.0. The van der Waals surface area contributed by atoms with E-state index < -0.39 is 21.7 Å². The third-order valence-corrected chi connectivity index (χ3v) is 4.94. The third-order valence-electron chi connectivity index (χ3n) is 3.39. The molecule has 134 valence electrons. The average Bonchev–Trinajstić information content (AvgIpc) is 2.57. The number of carbonyl (C=O) groups is 1. The first-order valence-electron chi connectivity index (χ1n) is 7.56. The van der Waals surface area contributed by atoms with Crippen LogP contribution in [0.2, 0.25) is 0 Å². The van der Waals surface area contributed by atoms with Crippen LogP contribution in [0.1, 0.15) is 22.8 Å². The van der Waals surface area contributed by atoms with Crippen molar-refractivity contribution in [2.24, 2.45) is 0 Å². The molecule has 0 aliphatic heterocycles. The predicted molar refractivity (Wildman–Crippen MR) is 92.4 cm³/mol. The van der Waals surface area contributed by atoms with Gasteiger partial charge in [-0.3, -0.25) is 4.79 Å². The van der Waals surface area contributed by atoms with Crippen molar-refractivity contribution in [2.75, 3.05) is 19.0 Å². The van der Waals surface area contributed by atoms with Crippen LogP contribution in [0.25, 0.3) is 0 Å². The summed E-state index contributed by atoms with van der Waals surface area (Å²) < 4.78 is 45.5. The molecule has 1 amide bonds. The van der Waals surface area contributed by atoms with Gasteiger partial charge in [-0.25, -0.2) is 17.5 Å². The van der Waals surface area contributed by atoms with Gasteiger partial charge in [0.1, 0.15) is 5.82 Å². The van der Waals surface area contributed by atoms with Crippen LogP contribution in [0.5, 0.6) is 0 Å². The van der Waals surface area contributed by atoms with E-state index in [0.717, 1.165) is 23.8 Å². The quantitative estimate of drug-likeness (QED) is 0.789. The minimum absolute atomic E-state index is 0.175. The van der Waals surface area contributed by atoms with Gasteiger partial charge >= 0.3 is 0 Å². The summed E-state index contributed by atoms with van der Waals surface area (Å²) in [7, 11) is -2.27. The van der Waals surface area contributed by atoms with Crippen molar-refractivity contribution < 1.29 is 22.3 Å². The highest BCUT2D eigenvalue weighted by molar-refractivity contribution is 7.89. The molecule has 6 nitrogen and oxygen atoms in total. The Morgan fingerprint density at radius 1 is 1.20 bits per heavy atom. The second-order valence-corrected chi connectivity index (χ2v) is 6.95. The minimum Gasteiger partial charge on any atom is -0.380 e. The molecule has 0 unspecified atom stereocenters. The van der Waals surface area contributed by atoms with E-state index in [9.17, 15) is 17.6 Å². The maximum atomic E-state index is 14.0. The zero-order chi connectivity index (χ0) is 18.4. The van der Waals surface area contributed by atoms with Gasteiger partial charge in [-0.05, 0) is 24.3 Å². The first-order valence-corrected chi connectivity index (χ1v) is 9.04. The Kier molecular flexibility index (Phi) is 6.24. The Morgan fingerprint density at radius 3 is 2.60 bits per heavy atom. The Bertz CT molecular complexity index is 869. The van der Waals surface area contributed by atoms with Crippen molar-refractivity contribution >= 4 is 21.6 Å². The second-order valence-electron chi connectivity index (χ2n) is 5.19. The lowest BCUT2D eigenvalue weighted by Crippen LogP contribution is -2.24. The highest BCUT2D eigenvalue weighted by Crippen LogP contribution is 2.20. The van der Waals surface area contributed by atoms with Gasteiger partial charge < -0.3 is 10.1 Å². The number of hydrogen-bond donors (Lipinski definition) is 2. The topological polar surface area (TPSA) is 84.5 Å². The Hall–Kier alpha value is -2.29. The monoisotopic (exact) mass is 366 g/mol. The van der Waals surface area contributed by atoms with Crippen LogP contribution in [0.15, 0.2) is 47.4 Å². The Morgan fingerprint density at radius 2 is 1.92 bits per heavy atom. The molecule has 2 aromatic carbocycles. The standard InChI is InChI=1S/C17H19FN2O4S/c1-3-19-25(22,23)13-8-9-15(18)14(10-13)17(21)20-16-7-5-4-6-12(16)11-24-2/h4-10,19H,3,11H2,1-2H3,(H,20,21). The summed E-state index contributed by atoms with van der Waals surface area (Å²) in [4.78, 5) is 12.2. The van der Waals surface area contributed by atoms with E-state index in [1.807, 2.05) is 0 Å². The largest absolute Gasteiger partial charge is 0.380 e. The molecular formula is C17H19FN2O4S. The highest BCUT2D eigenvalue weighted by atomic mass is 32.2. The molecule has 2 N–H and O–H groups in total. The first-order chi connectivity index (χ1) is 11.9. The maximum absolute atomic E-state index is 14.0. The van der Waals surface area contributed by atoms with Crippen molar-refractivity contribution in [1.29, 1.82) is 0 Å². The second kappa shape index (κ2) is 8.19. The molecule has 0 heterocycles. The van der Waals surface area contributed by atoms with Gasteiger partial charge in [-0.15, -0.1) is 0 Å². The number of para-hydroxylation sites is 1. The molecule has 0 aromatic heterocycles. The number of sulfonamides is 1. The molecule has 0 spiro atoms. The van der Waals surface area contributed by atoms with Crippen LogP contribution < -0.4 is 10.0 Å². The van der Waals surface area contributed by atoms with Gasteiger partial charge in [-0.1, -0.05) is 25.1 Å². The zero-order valence-corrected chi connectivity index (χ0v) is 14.7. The number of ether oxygens (including phenoxy) is 1. The zero-order valence-electron chi connectivity index (χ0n) is 13.9. The number of anilines is 1. The number of nitrogens with one attached hydrogen (secondary N) is 2. The number of methoxy groups -OCH3 is 1. The van der Waals surface area contributed by atoms with Crippen molar-refractivity contribution in [2.45, 2.75) is 18.4 Å². The van der Waals surface area contributed by atoms with E-state index in [-0.39, 0.29) is 23.6 Å². The lowest BCUT2D eigenvalue weighted by molar-refractivity contribution is 0.102. The minimum atomic E-state index is -3.79. The van der Waals surface area contributed by atoms with E-state index in [4.69, 9.17) is 4.74 Å². The van der Waals surface area contributed by atoms with Crippen LogP contribution >= 0.6 is 0 Å². The van der Waals surface area contributed by atoms with Gasteiger partial charge in [0.25, 0.3) is 5.91 Å². The van der Waals surface area contributed by atoms with Gasteiger partial charge in [0, 0.05) is 24.9 Å². The number of hydrogen-bond acceptors (Lipinski definition) is 4. The molecule has 0 saturated heterocycles. The summed E-state index contributed by atoms with van der Waals surface area (Å²) in [6.45, 7) is 2.08. The fraction of sp³-hybridized carbons (Fsp3) is 0.235. The summed E-state index contributed by atoms with van der Waals surface area (Å²) in [6.07, 6.45) is 0. The molecule has 25 heavy (non-hydrogen) atoms. The van der Waals surface area contributed by atoms with E-state index in [2.05, 4.69) is 10.0 Å². The summed E-state index contributed by atoms with van der Waals surface area (Å²) >= 11 is 0. The SMILES string of the molecule is CCNS(=O)(=O)c1ccc(F)c(C(=O)Nc2ccccc2COC)c1. The van der Waals surface area contributed by atoms with Crippen molar-refractivity contribution in [1.82, 2.24) is 4.72 Å². The van der Waals surface area contributed by atoms with Crippen molar-refractivity contribution in [3.8, 4) is 0 Å². The number of halogens is 1. The van der Waals surface area contributed by atoms with Gasteiger partial charge in [0.15, 0.2) is 0 Å². The first kappa shape index (κ1) is 19.0. The summed E-state index contributed by atoms with van der Waals surface area (Å²) in [5.41, 5.74) is 0.829. The Labute approximate surface area is 146 Å². The molecule has 2 rings (SSSR count). The summed E-state index contributed by atoms with van der Waals surface area (Å²) in [5, 5.41) is 2.59. The number of amides is 1. The number of carbonyl (C=O) groups excluding carboxylic acids is 1. The molecule has 2 aromatic rings. The maximum Gasteiger partial charge on any atom is 0.258 e. The lowest BCUT2D eigenvalue weighted by Gasteiger charge is -2.12. The highest BCUT2D eigenvalue weighted by Gasteiger charge is 2.19. The molecule has 0 fully saturated rings. The molecule has 0 aliphatic carbocycles. The van der Waals surface area contributed by atoms with Crippen LogP contribution in [-0.2, 0) is 21.4 Å². The van der Waals surface area contributed by atoms with Gasteiger partial charge in [0.05, 0.1) is 17.1 Å². The predicted octanol–water partition coefficient (Wildman–Crippen LogP) is 2.52. The lowest BCUT2D eigenvalue weighted by atomic mass is 10.1. The van der Waals surface area contributed by atoms with Crippen LogP contribution in [-0.4, -0.2) is 28.0 Å². The van der Waals surface area contributed by atoms with E-state index >= 15 is 0 Å². The number of benzene rings is 2. The smallest absolute Gasteiger partial charge is 0.258 e. The average molecular weight is 366 g/mol. The fourth-order valence-corrected chi connectivity index (χ4v) is 3.30. The van der Waals surface area contributed by atoms with Crippen molar-refractivity contribution in [3.05, 3.63) is 59.4 Å². The molecule has 0 radical (unpaired) electrons. The molecule has 0 aliphatic rings. The summed E-state index contributed by atoms with van der Waals surface area (Å²) in [5.74, 6) is -1.55. The van der Waals surface area contributed by atoms with E-state index in [1.54, 1.807) is 31.2 Å². The normalized spacial score (nSPS) is 11.3. The molecule has 8 heteroatoms. The van der Waals surface area contributed by atoms with E-state index in [0.29, 0.717) is 5.69 Å². The van der Waals surface area contributed by atoms with E-state index in [1.165, 1.54) is 7.11 Å². The molecule has 0 bridgehead atoms. The molecule has 0 atom stereocenters. The van der Waals surface area contributed by atoms with Crippen LogP contribution in [0.3, 0.4) is 0 Å². The van der Waals surface area contributed by atoms with Gasteiger partial charge in [0.2, 0.25) is 10.0 Å². The number of rotatable bonds is 7. The van der Waals surface area contributed by atoms with Crippen LogP contribution in [0, 0.1) is 5.82 Å². The molecule has 0 saturated carbocycles. The van der Waals surface area contributed by atoms with Crippen molar-refractivity contribution in [3.63, 3.8) is 0 Å². The molecular weight excluding hydrogens is 347 g/mol. The van der Waals surface area contributed by atoms with Gasteiger partial charge in [-0.2, -0.15) is 0 Å². The fourth-order valence-electron chi connectivity index (χ4n) is 2.23. The Balaban J connectivity index is 2.34. The third kappa shape index (κ3) is 4.62. The van der Waals surface area contributed by atoms with Crippen LogP contribution in [0.4, 0.5) is 10.1 Å².